The number of nitrogens with one attached hydrogen (secondary N) is 3. The fourth-order valence-electron chi connectivity index (χ4n) is 6.99. The molecule has 4 N–H and O–H groups in total. The molecule has 3 atom stereocenters. The summed E-state index contributed by atoms with van der Waals surface area (Å²) >= 11 is 0. The van der Waals surface area contributed by atoms with Crippen LogP contribution < -0.4 is 16.0 Å². The quantitative estimate of drug-likeness (QED) is 0.370. The molecule has 2 aliphatic heterocycles. The van der Waals surface area contributed by atoms with Gasteiger partial charge in [-0.1, -0.05) is 18.9 Å². The van der Waals surface area contributed by atoms with E-state index in [2.05, 4.69) is 33.0 Å². The Morgan fingerprint density at radius 2 is 1.95 bits per heavy atom. The van der Waals surface area contributed by atoms with E-state index in [0.717, 1.165) is 88.9 Å². The molecule has 2 bridgehead atoms. The second kappa shape index (κ2) is 12.5. The Hall–Kier alpha value is -2.68. The first-order valence-corrected chi connectivity index (χ1v) is 14.7. The lowest BCUT2D eigenvalue weighted by Crippen LogP contribution is -2.53. The molecule has 9 heteroatoms. The Morgan fingerprint density at radius 1 is 1.11 bits per heavy atom. The van der Waals surface area contributed by atoms with E-state index in [1.54, 1.807) is 0 Å². The number of nitrogens with zero attached hydrogens (tertiary/aromatic N) is 2. The molecule has 5 aliphatic rings. The molecule has 0 spiro atoms. The van der Waals surface area contributed by atoms with E-state index in [4.69, 9.17) is 4.98 Å². The molecule has 0 aromatic carbocycles. The largest absolute Gasteiger partial charge is 0.480 e. The van der Waals surface area contributed by atoms with Crippen molar-refractivity contribution in [1.29, 1.82) is 0 Å². The number of hydrogen-bond donors (Lipinski definition) is 4. The number of anilines is 1. The van der Waals surface area contributed by atoms with Gasteiger partial charge in [-0.25, -0.2) is 9.78 Å². The normalized spacial score (nSPS) is 27.6. The first-order chi connectivity index (χ1) is 18.5. The maximum atomic E-state index is 12.9. The van der Waals surface area contributed by atoms with E-state index in [0.29, 0.717) is 18.4 Å². The average molecular weight is 526 g/mol. The van der Waals surface area contributed by atoms with Crippen LogP contribution in [0.1, 0.15) is 69.0 Å². The highest BCUT2D eigenvalue weighted by Crippen LogP contribution is 2.45. The van der Waals surface area contributed by atoms with Gasteiger partial charge in [0.05, 0.1) is 5.92 Å². The van der Waals surface area contributed by atoms with Crippen molar-refractivity contribution in [1.82, 2.24) is 20.5 Å². The van der Waals surface area contributed by atoms with Crippen LogP contribution in [0.2, 0.25) is 0 Å². The van der Waals surface area contributed by atoms with Crippen LogP contribution in [-0.4, -0.2) is 71.5 Å². The molecule has 9 nitrogen and oxygen atoms in total. The summed E-state index contributed by atoms with van der Waals surface area (Å²) in [5.74, 6) is 0.384. The fraction of sp³-hybridized carbons (Fsp3) is 0.724. The predicted octanol–water partition coefficient (Wildman–Crippen LogP) is 2.60. The minimum atomic E-state index is -1.10. The van der Waals surface area contributed by atoms with Crippen molar-refractivity contribution in [3.63, 3.8) is 0 Å². The number of carbonyl (C=O) groups is 3. The van der Waals surface area contributed by atoms with Crippen molar-refractivity contribution in [3.8, 4) is 0 Å². The molecule has 2 amide bonds. The molecule has 4 fully saturated rings. The van der Waals surface area contributed by atoms with Crippen molar-refractivity contribution < 1.29 is 19.5 Å². The number of amides is 2. The third-order valence-electron chi connectivity index (χ3n) is 9.21. The standard InChI is InChI=1S/C29H43N5O4/c35-27(31-17-25(29(37)38)33-28(36)24-16-19-7-9-20(24)10-8-19)22-5-2-14-34(18-22)15-3-6-23-12-11-21-4-1-13-30-26(21)32-23/h11-12,19-20,22,24-25H,1-10,13-18H2,(H,30,32)(H,31,35)(H,33,36)(H,37,38)/t19?,20?,22-,24?,25?/m1/s1. The third-order valence-corrected chi connectivity index (χ3v) is 9.21. The van der Waals surface area contributed by atoms with Crippen LogP contribution in [0.25, 0.3) is 0 Å². The summed E-state index contributed by atoms with van der Waals surface area (Å²) in [6.07, 6.45) is 11.3. The van der Waals surface area contributed by atoms with Crippen LogP contribution in [0.4, 0.5) is 5.82 Å². The van der Waals surface area contributed by atoms with Gasteiger partial charge in [-0.2, -0.15) is 0 Å². The van der Waals surface area contributed by atoms with Gasteiger partial charge in [0.15, 0.2) is 0 Å². The first-order valence-electron chi connectivity index (χ1n) is 14.7. The third kappa shape index (κ3) is 6.65. The van der Waals surface area contributed by atoms with E-state index < -0.39 is 12.0 Å². The van der Waals surface area contributed by atoms with Gasteiger partial charge in [-0.3, -0.25) is 9.59 Å². The first kappa shape index (κ1) is 26.9. The Labute approximate surface area is 225 Å². The SMILES string of the molecule is O=C(O)C(CNC(=O)[C@@H]1CCCN(CCCc2ccc3c(n2)NCCC3)C1)NC(=O)C1CC2CCC1CC2. The summed E-state index contributed by atoms with van der Waals surface area (Å²) in [5, 5.41) is 18.6. The Kier molecular flexibility index (Phi) is 8.82. The van der Waals surface area contributed by atoms with Crippen molar-refractivity contribution in [2.24, 2.45) is 23.7 Å². The number of carboxylic acid groups (broad SMARTS) is 1. The monoisotopic (exact) mass is 525 g/mol. The summed E-state index contributed by atoms with van der Waals surface area (Å²) < 4.78 is 0. The van der Waals surface area contributed by atoms with E-state index in [-0.39, 0.29) is 30.2 Å². The predicted molar refractivity (Wildman–Crippen MR) is 145 cm³/mol. The topological polar surface area (TPSA) is 124 Å². The van der Waals surface area contributed by atoms with E-state index in [9.17, 15) is 19.5 Å². The summed E-state index contributed by atoms with van der Waals surface area (Å²) in [6.45, 7) is 3.48. The zero-order valence-corrected chi connectivity index (χ0v) is 22.4. The number of aryl methyl sites for hydroxylation is 2. The summed E-state index contributed by atoms with van der Waals surface area (Å²) in [4.78, 5) is 44.8. The van der Waals surface area contributed by atoms with Gasteiger partial charge in [0.1, 0.15) is 11.9 Å². The molecule has 38 heavy (non-hydrogen) atoms. The molecule has 3 saturated carbocycles. The second-order valence-electron chi connectivity index (χ2n) is 11.9. The molecule has 208 valence electrons. The van der Waals surface area contributed by atoms with Crippen molar-refractivity contribution >= 4 is 23.6 Å². The van der Waals surface area contributed by atoms with Gasteiger partial charge in [0.2, 0.25) is 11.8 Å². The molecule has 3 aliphatic carbocycles. The molecule has 0 radical (unpaired) electrons. The summed E-state index contributed by atoms with van der Waals surface area (Å²) in [7, 11) is 0. The van der Waals surface area contributed by atoms with Gasteiger partial charge in [0.25, 0.3) is 0 Å². The van der Waals surface area contributed by atoms with Crippen LogP contribution in [0.5, 0.6) is 0 Å². The number of carbonyl (C=O) groups excluding carboxylic acids is 2. The highest BCUT2D eigenvalue weighted by atomic mass is 16.4. The lowest BCUT2D eigenvalue weighted by Gasteiger charge is -2.41. The number of pyridine rings is 1. The molecule has 1 aromatic rings. The van der Waals surface area contributed by atoms with Crippen LogP contribution >= 0.6 is 0 Å². The summed E-state index contributed by atoms with van der Waals surface area (Å²) in [6, 6.07) is 3.23. The average Bonchev–Trinajstić information content (AvgIpc) is 2.95. The van der Waals surface area contributed by atoms with E-state index in [1.807, 2.05) is 0 Å². The Morgan fingerprint density at radius 3 is 2.71 bits per heavy atom. The fourth-order valence-corrected chi connectivity index (χ4v) is 6.99. The lowest BCUT2D eigenvalue weighted by molar-refractivity contribution is -0.143. The van der Waals surface area contributed by atoms with Crippen LogP contribution in [0, 0.1) is 23.7 Å². The number of aliphatic carboxylic acids is 1. The van der Waals surface area contributed by atoms with Crippen molar-refractivity contribution in [3.05, 3.63) is 23.4 Å². The van der Waals surface area contributed by atoms with Gasteiger partial charge >= 0.3 is 5.97 Å². The van der Waals surface area contributed by atoms with Gasteiger partial charge in [-0.15, -0.1) is 0 Å². The number of aromatic nitrogens is 1. The number of carboxylic acids is 1. The molecular weight excluding hydrogens is 482 g/mol. The Balaban J connectivity index is 1.05. The summed E-state index contributed by atoms with van der Waals surface area (Å²) in [5.41, 5.74) is 2.41. The molecule has 1 aromatic heterocycles. The van der Waals surface area contributed by atoms with Gasteiger partial charge in [0, 0.05) is 31.2 Å². The second-order valence-corrected chi connectivity index (χ2v) is 11.9. The minimum Gasteiger partial charge on any atom is -0.480 e. The Bertz CT molecular complexity index is 1010. The zero-order chi connectivity index (χ0) is 26.5. The highest BCUT2D eigenvalue weighted by molar-refractivity contribution is 5.86. The maximum Gasteiger partial charge on any atom is 0.328 e. The molecule has 1 saturated heterocycles. The van der Waals surface area contributed by atoms with Crippen molar-refractivity contribution in [2.45, 2.75) is 76.7 Å². The van der Waals surface area contributed by atoms with Crippen LogP contribution in [0.15, 0.2) is 12.1 Å². The number of fused-ring (bicyclic) bond motifs is 4. The molecular formula is C29H43N5O4. The van der Waals surface area contributed by atoms with E-state index in [1.165, 1.54) is 18.4 Å². The maximum absolute atomic E-state index is 12.9. The molecule has 2 unspecified atom stereocenters. The highest BCUT2D eigenvalue weighted by Gasteiger charge is 2.40. The van der Waals surface area contributed by atoms with Crippen LogP contribution in [0.3, 0.4) is 0 Å². The number of rotatable bonds is 10. The zero-order valence-electron chi connectivity index (χ0n) is 22.4. The van der Waals surface area contributed by atoms with Crippen molar-refractivity contribution in [2.75, 3.05) is 38.0 Å². The number of likely N-dealkylation sites (tertiary alicyclic amines) is 1. The number of hydrogen-bond acceptors (Lipinski definition) is 6. The lowest BCUT2D eigenvalue weighted by atomic mass is 9.64. The molecule has 3 heterocycles. The van der Waals surface area contributed by atoms with Gasteiger partial charge < -0.3 is 26.0 Å². The number of piperidine rings is 1. The van der Waals surface area contributed by atoms with E-state index >= 15 is 0 Å². The van der Waals surface area contributed by atoms with Gasteiger partial charge in [-0.05, 0) is 94.3 Å². The van der Waals surface area contributed by atoms with Crippen LogP contribution in [-0.2, 0) is 27.2 Å². The smallest absolute Gasteiger partial charge is 0.328 e. The minimum absolute atomic E-state index is 0.0742. The molecule has 6 rings (SSSR count).